The van der Waals surface area contributed by atoms with E-state index in [0.29, 0.717) is 6.54 Å². The molecule has 1 unspecified atom stereocenters. The smallest absolute Gasteiger partial charge is 0.251 e. The van der Waals surface area contributed by atoms with Gasteiger partial charge in [-0.05, 0) is 39.7 Å². The number of nitrogens with one attached hydrogen (secondary N) is 1. The molecule has 0 heterocycles. The SMILES string of the molecule is CCC(C)(CNC(C)(C)C)CN(C)CC(F)F. The van der Waals surface area contributed by atoms with Gasteiger partial charge >= 0.3 is 0 Å². The maximum atomic E-state index is 12.3. The van der Waals surface area contributed by atoms with Crippen molar-refractivity contribution in [3.8, 4) is 0 Å². The highest BCUT2D eigenvalue weighted by Gasteiger charge is 2.26. The van der Waals surface area contributed by atoms with E-state index in [1.807, 2.05) is 0 Å². The van der Waals surface area contributed by atoms with Crippen molar-refractivity contribution in [2.24, 2.45) is 5.41 Å². The molecule has 0 aromatic carbocycles. The van der Waals surface area contributed by atoms with E-state index in [1.165, 1.54) is 0 Å². The van der Waals surface area contributed by atoms with Crippen molar-refractivity contribution in [2.75, 3.05) is 26.7 Å². The summed E-state index contributed by atoms with van der Waals surface area (Å²) in [5, 5.41) is 3.46. The summed E-state index contributed by atoms with van der Waals surface area (Å²) in [4.78, 5) is 1.72. The molecule has 0 rings (SSSR count). The van der Waals surface area contributed by atoms with Gasteiger partial charge in [0.25, 0.3) is 6.43 Å². The summed E-state index contributed by atoms with van der Waals surface area (Å²) in [5.41, 5.74) is 0.106. The fourth-order valence-electron chi connectivity index (χ4n) is 1.72. The summed E-state index contributed by atoms with van der Waals surface area (Å²) in [7, 11) is 1.76. The van der Waals surface area contributed by atoms with Gasteiger partial charge in [-0.1, -0.05) is 13.8 Å². The Morgan fingerprint density at radius 3 is 2.06 bits per heavy atom. The third-order valence-corrected chi connectivity index (χ3v) is 3.00. The van der Waals surface area contributed by atoms with Crippen LogP contribution in [0.4, 0.5) is 8.78 Å². The summed E-state index contributed by atoms with van der Waals surface area (Å²) in [6, 6.07) is 0. The van der Waals surface area contributed by atoms with Gasteiger partial charge in [-0.2, -0.15) is 0 Å². The maximum Gasteiger partial charge on any atom is 0.251 e. The zero-order valence-electron chi connectivity index (χ0n) is 12.1. The minimum Gasteiger partial charge on any atom is -0.311 e. The van der Waals surface area contributed by atoms with Crippen molar-refractivity contribution < 1.29 is 8.78 Å². The van der Waals surface area contributed by atoms with Crippen LogP contribution >= 0.6 is 0 Å². The van der Waals surface area contributed by atoms with Gasteiger partial charge < -0.3 is 10.2 Å². The Morgan fingerprint density at radius 2 is 1.71 bits per heavy atom. The molecule has 0 spiro atoms. The lowest BCUT2D eigenvalue weighted by molar-refractivity contribution is 0.0756. The average molecular weight is 250 g/mol. The fraction of sp³-hybridized carbons (Fsp3) is 1.00. The molecule has 2 nitrogen and oxygen atoms in total. The number of alkyl halides is 2. The zero-order chi connectivity index (χ0) is 13.7. The lowest BCUT2D eigenvalue weighted by Crippen LogP contribution is -2.47. The van der Waals surface area contributed by atoms with E-state index >= 15 is 0 Å². The van der Waals surface area contributed by atoms with Gasteiger partial charge in [0.2, 0.25) is 0 Å². The summed E-state index contributed by atoms with van der Waals surface area (Å²) in [6.07, 6.45) is -1.28. The molecule has 0 bridgehead atoms. The van der Waals surface area contributed by atoms with Crippen LogP contribution in [-0.2, 0) is 0 Å². The summed E-state index contributed by atoms with van der Waals surface area (Å²) in [5.74, 6) is 0. The minimum absolute atomic E-state index is 0.0386. The fourth-order valence-corrected chi connectivity index (χ4v) is 1.72. The van der Waals surface area contributed by atoms with Crippen molar-refractivity contribution in [1.29, 1.82) is 0 Å². The first-order valence-electron chi connectivity index (χ1n) is 6.30. The number of nitrogens with zero attached hydrogens (tertiary/aromatic N) is 1. The highest BCUT2D eigenvalue weighted by Crippen LogP contribution is 2.22. The molecule has 1 N–H and O–H groups in total. The summed E-state index contributed by atoms with van der Waals surface area (Å²) >= 11 is 0. The van der Waals surface area contributed by atoms with Crippen LogP contribution in [0, 0.1) is 5.41 Å². The molecule has 4 heteroatoms. The number of rotatable bonds is 7. The first kappa shape index (κ1) is 16.8. The van der Waals surface area contributed by atoms with Crippen LogP contribution in [0.5, 0.6) is 0 Å². The van der Waals surface area contributed by atoms with Crippen molar-refractivity contribution >= 4 is 0 Å². The predicted octanol–water partition coefficient (Wildman–Crippen LogP) is 2.99. The van der Waals surface area contributed by atoms with Gasteiger partial charge in [-0.15, -0.1) is 0 Å². The monoisotopic (exact) mass is 250 g/mol. The molecular weight excluding hydrogens is 222 g/mol. The molecule has 0 aromatic heterocycles. The Hall–Kier alpha value is -0.220. The average Bonchev–Trinajstić information content (AvgIpc) is 2.12. The van der Waals surface area contributed by atoms with Crippen molar-refractivity contribution in [3.05, 3.63) is 0 Å². The molecule has 0 fully saturated rings. The van der Waals surface area contributed by atoms with Crippen molar-refractivity contribution in [3.63, 3.8) is 0 Å². The largest absolute Gasteiger partial charge is 0.311 e. The highest BCUT2D eigenvalue weighted by molar-refractivity contribution is 4.82. The third-order valence-electron chi connectivity index (χ3n) is 3.00. The molecule has 0 aliphatic carbocycles. The Kier molecular flexibility index (Phi) is 6.56. The number of hydrogen-bond acceptors (Lipinski definition) is 2. The molecule has 0 aliphatic rings. The van der Waals surface area contributed by atoms with E-state index in [1.54, 1.807) is 11.9 Å². The van der Waals surface area contributed by atoms with Gasteiger partial charge in [-0.3, -0.25) is 0 Å². The molecule has 17 heavy (non-hydrogen) atoms. The number of hydrogen-bond donors (Lipinski definition) is 1. The normalized spacial score (nSPS) is 16.6. The lowest BCUT2D eigenvalue weighted by atomic mass is 9.86. The van der Waals surface area contributed by atoms with Crippen LogP contribution in [0.1, 0.15) is 41.0 Å². The van der Waals surface area contributed by atoms with Gasteiger partial charge in [0.1, 0.15) is 0 Å². The third kappa shape index (κ3) is 8.50. The lowest BCUT2D eigenvalue weighted by Gasteiger charge is -2.36. The molecule has 0 aliphatic heterocycles. The summed E-state index contributed by atoms with van der Waals surface area (Å²) in [6.45, 7) is 12.0. The minimum atomic E-state index is -2.25. The van der Waals surface area contributed by atoms with Crippen LogP contribution in [0.3, 0.4) is 0 Å². The second-order valence-electron chi connectivity index (χ2n) is 6.36. The van der Waals surface area contributed by atoms with Gasteiger partial charge in [0, 0.05) is 18.6 Å². The van der Waals surface area contributed by atoms with E-state index in [2.05, 4.69) is 39.9 Å². The molecule has 0 saturated carbocycles. The van der Waals surface area contributed by atoms with Crippen LogP contribution in [0.25, 0.3) is 0 Å². The van der Waals surface area contributed by atoms with E-state index in [-0.39, 0.29) is 17.5 Å². The van der Waals surface area contributed by atoms with E-state index in [0.717, 1.165) is 13.0 Å². The Morgan fingerprint density at radius 1 is 1.18 bits per heavy atom. The van der Waals surface area contributed by atoms with Crippen LogP contribution < -0.4 is 5.32 Å². The second-order valence-corrected chi connectivity index (χ2v) is 6.36. The van der Waals surface area contributed by atoms with Crippen LogP contribution in [0.2, 0.25) is 0 Å². The van der Waals surface area contributed by atoms with E-state index in [4.69, 9.17) is 0 Å². The Balaban J connectivity index is 4.27. The molecule has 0 saturated heterocycles. The number of halogens is 2. The molecule has 104 valence electrons. The van der Waals surface area contributed by atoms with Crippen LogP contribution in [-0.4, -0.2) is 43.5 Å². The van der Waals surface area contributed by atoms with Gasteiger partial charge in [-0.25, -0.2) is 8.78 Å². The summed E-state index contributed by atoms with van der Waals surface area (Å²) < 4.78 is 24.6. The second kappa shape index (κ2) is 6.64. The van der Waals surface area contributed by atoms with Crippen molar-refractivity contribution in [1.82, 2.24) is 10.2 Å². The van der Waals surface area contributed by atoms with Crippen molar-refractivity contribution in [2.45, 2.75) is 53.0 Å². The maximum absolute atomic E-state index is 12.3. The van der Waals surface area contributed by atoms with Crippen LogP contribution in [0.15, 0.2) is 0 Å². The van der Waals surface area contributed by atoms with E-state index in [9.17, 15) is 8.78 Å². The van der Waals surface area contributed by atoms with Gasteiger partial charge in [0.05, 0.1) is 6.54 Å². The molecular formula is C13H28F2N2. The first-order valence-corrected chi connectivity index (χ1v) is 6.30. The van der Waals surface area contributed by atoms with E-state index < -0.39 is 6.43 Å². The Bertz CT molecular complexity index is 214. The Labute approximate surface area is 105 Å². The van der Waals surface area contributed by atoms with Gasteiger partial charge in [0.15, 0.2) is 0 Å². The quantitative estimate of drug-likeness (QED) is 0.747. The molecule has 1 atom stereocenters. The predicted molar refractivity (Wildman–Crippen MR) is 69.7 cm³/mol. The zero-order valence-corrected chi connectivity index (χ0v) is 12.1. The molecule has 0 radical (unpaired) electrons. The standard InChI is InChI=1S/C13H28F2N2/c1-7-13(5,9-16-12(2,3)4)10-17(6)8-11(14)15/h11,16H,7-10H2,1-6H3. The molecule has 0 aromatic rings. The first-order chi connectivity index (χ1) is 7.58. The topological polar surface area (TPSA) is 15.3 Å². The highest BCUT2D eigenvalue weighted by atomic mass is 19.3. The molecule has 0 amide bonds.